The lowest BCUT2D eigenvalue weighted by Gasteiger charge is -2.32. The van der Waals surface area contributed by atoms with Gasteiger partial charge in [0, 0.05) is 13.1 Å². The minimum absolute atomic E-state index is 0.00740. The van der Waals surface area contributed by atoms with Gasteiger partial charge in [-0.05, 0) is 45.4 Å². The van der Waals surface area contributed by atoms with Crippen LogP contribution in [0.25, 0.3) is 0 Å². The Kier molecular flexibility index (Phi) is 6.07. The molecule has 2 aliphatic rings. The predicted octanol–water partition coefficient (Wildman–Crippen LogP) is 0.736. The molecule has 2 aliphatic heterocycles. The fourth-order valence-corrected chi connectivity index (χ4v) is 2.90. The number of ether oxygens (including phenoxy) is 2. The molecule has 2 fully saturated rings. The van der Waals surface area contributed by atoms with Gasteiger partial charge in [0.15, 0.2) is 0 Å². The van der Waals surface area contributed by atoms with Crippen LogP contribution in [0.2, 0.25) is 0 Å². The number of morpholine rings is 1. The summed E-state index contributed by atoms with van der Waals surface area (Å²) in [7, 11) is 1.43. The van der Waals surface area contributed by atoms with Crippen molar-refractivity contribution in [3.63, 3.8) is 0 Å². The molecular formula is C14H26N2O3. The van der Waals surface area contributed by atoms with Gasteiger partial charge < -0.3 is 14.4 Å². The Bertz CT molecular complexity index is 280. The van der Waals surface area contributed by atoms with Crippen LogP contribution in [0, 0.1) is 0 Å². The Hall–Kier alpha value is -0.650. The number of esters is 1. The molecule has 0 aromatic carbocycles. The Morgan fingerprint density at radius 1 is 1.21 bits per heavy atom. The summed E-state index contributed by atoms with van der Waals surface area (Å²) < 4.78 is 10.3. The van der Waals surface area contributed by atoms with E-state index < -0.39 is 0 Å². The molecule has 1 atom stereocenters. The van der Waals surface area contributed by atoms with E-state index in [0.717, 1.165) is 26.2 Å². The highest BCUT2D eigenvalue weighted by atomic mass is 16.5. The lowest BCUT2D eigenvalue weighted by atomic mass is 10.2. The zero-order valence-corrected chi connectivity index (χ0v) is 12.0. The van der Waals surface area contributed by atoms with Crippen LogP contribution in [0.4, 0.5) is 0 Å². The summed E-state index contributed by atoms with van der Waals surface area (Å²) in [5.41, 5.74) is 0. The number of hydrogen-bond donors (Lipinski definition) is 0. The summed E-state index contributed by atoms with van der Waals surface area (Å²) >= 11 is 0. The second kappa shape index (κ2) is 7.82. The first-order valence-electron chi connectivity index (χ1n) is 7.41. The molecule has 0 bridgehead atoms. The van der Waals surface area contributed by atoms with Crippen LogP contribution >= 0.6 is 0 Å². The van der Waals surface area contributed by atoms with E-state index in [9.17, 15) is 4.79 Å². The van der Waals surface area contributed by atoms with Crippen LogP contribution in [0.15, 0.2) is 0 Å². The van der Waals surface area contributed by atoms with Gasteiger partial charge in [-0.2, -0.15) is 0 Å². The summed E-state index contributed by atoms with van der Waals surface area (Å²) in [5, 5.41) is 0. The molecule has 0 amide bonds. The maximum Gasteiger partial charge on any atom is 0.308 e. The van der Waals surface area contributed by atoms with Gasteiger partial charge in [-0.25, -0.2) is 0 Å². The van der Waals surface area contributed by atoms with E-state index >= 15 is 0 Å². The van der Waals surface area contributed by atoms with E-state index in [2.05, 4.69) is 9.80 Å². The van der Waals surface area contributed by atoms with Gasteiger partial charge in [0.05, 0.1) is 26.2 Å². The Labute approximate surface area is 115 Å². The standard InChI is InChI=1S/C14H26N2O3/c1-18-14(17)11-13-12-16(9-10-19-13)8-4-7-15-5-2-3-6-15/h13H,2-12H2,1H3. The van der Waals surface area contributed by atoms with Crippen molar-refractivity contribution in [2.24, 2.45) is 0 Å². The van der Waals surface area contributed by atoms with Gasteiger partial charge in [-0.1, -0.05) is 0 Å². The highest BCUT2D eigenvalue weighted by Crippen LogP contribution is 2.11. The molecule has 110 valence electrons. The molecule has 0 radical (unpaired) electrons. The molecule has 0 spiro atoms. The van der Waals surface area contributed by atoms with Crippen LogP contribution in [0.1, 0.15) is 25.7 Å². The van der Waals surface area contributed by atoms with E-state index in [1.165, 1.54) is 46.0 Å². The highest BCUT2D eigenvalue weighted by molar-refractivity contribution is 5.69. The van der Waals surface area contributed by atoms with E-state index in [-0.39, 0.29) is 12.1 Å². The predicted molar refractivity (Wildman–Crippen MR) is 73.1 cm³/mol. The Balaban J connectivity index is 1.61. The van der Waals surface area contributed by atoms with Gasteiger partial charge in [0.1, 0.15) is 0 Å². The number of nitrogens with zero attached hydrogens (tertiary/aromatic N) is 2. The number of methoxy groups -OCH3 is 1. The molecule has 0 N–H and O–H groups in total. The van der Waals surface area contributed by atoms with Crippen LogP contribution in [-0.4, -0.2) is 74.9 Å². The summed E-state index contributed by atoms with van der Waals surface area (Å²) in [5.74, 6) is -0.177. The average molecular weight is 270 g/mol. The molecule has 5 nitrogen and oxygen atoms in total. The van der Waals surface area contributed by atoms with Crippen molar-refractivity contribution >= 4 is 5.97 Å². The highest BCUT2D eigenvalue weighted by Gasteiger charge is 2.23. The van der Waals surface area contributed by atoms with Gasteiger partial charge in [-0.3, -0.25) is 9.69 Å². The summed E-state index contributed by atoms with van der Waals surface area (Å²) in [6, 6.07) is 0. The summed E-state index contributed by atoms with van der Waals surface area (Å²) in [6.45, 7) is 7.43. The van der Waals surface area contributed by atoms with E-state index in [1.807, 2.05) is 0 Å². The van der Waals surface area contributed by atoms with Gasteiger partial charge in [0.25, 0.3) is 0 Å². The van der Waals surface area contributed by atoms with E-state index in [4.69, 9.17) is 9.47 Å². The van der Waals surface area contributed by atoms with E-state index in [1.54, 1.807) is 0 Å². The van der Waals surface area contributed by atoms with Crippen molar-refractivity contribution in [2.75, 3.05) is 53.0 Å². The van der Waals surface area contributed by atoms with Crippen molar-refractivity contribution in [2.45, 2.75) is 31.8 Å². The molecule has 2 heterocycles. The van der Waals surface area contributed by atoms with Crippen molar-refractivity contribution < 1.29 is 14.3 Å². The van der Waals surface area contributed by atoms with Crippen molar-refractivity contribution in [3.05, 3.63) is 0 Å². The van der Waals surface area contributed by atoms with Gasteiger partial charge in [0.2, 0.25) is 0 Å². The van der Waals surface area contributed by atoms with Crippen LogP contribution in [0.3, 0.4) is 0 Å². The normalized spacial score (nSPS) is 25.6. The fraction of sp³-hybridized carbons (Fsp3) is 0.929. The average Bonchev–Trinajstić information content (AvgIpc) is 2.92. The van der Waals surface area contributed by atoms with Gasteiger partial charge >= 0.3 is 5.97 Å². The zero-order valence-electron chi connectivity index (χ0n) is 12.0. The number of carbonyl (C=O) groups excluding carboxylic acids is 1. The summed E-state index contributed by atoms with van der Waals surface area (Å²) in [6.07, 6.45) is 4.31. The smallest absolute Gasteiger partial charge is 0.308 e. The molecular weight excluding hydrogens is 244 g/mol. The first kappa shape index (κ1) is 14.8. The maximum atomic E-state index is 11.2. The largest absolute Gasteiger partial charge is 0.469 e. The molecule has 0 aromatic heterocycles. The van der Waals surface area contributed by atoms with Crippen molar-refractivity contribution in [1.82, 2.24) is 9.80 Å². The molecule has 0 saturated carbocycles. The molecule has 5 heteroatoms. The first-order chi connectivity index (χ1) is 9.28. The minimum Gasteiger partial charge on any atom is -0.469 e. The van der Waals surface area contributed by atoms with Crippen LogP contribution < -0.4 is 0 Å². The Morgan fingerprint density at radius 2 is 1.95 bits per heavy atom. The topological polar surface area (TPSA) is 42.0 Å². The minimum atomic E-state index is -0.177. The molecule has 19 heavy (non-hydrogen) atoms. The third-order valence-electron chi connectivity index (χ3n) is 3.99. The van der Waals surface area contributed by atoms with Crippen molar-refractivity contribution in [1.29, 1.82) is 0 Å². The molecule has 2 saturated heterocycles. The monoisotopic (exact) mass is 270 g/mol. The lowest BCUT2D eigenvalue weighted by Crippen LogP contribution is -2.44. The fourth-order valence-electron chi connectivity index (χ4n) is 2.90. The maximum absolute atomic E-state index is 11.2. The number of likely N-dealkylation sites (tertiary alicyclic amines) is 1. The second-order valence-electron chi connectivity index (χ2n) is 5.48. The van der Waals surface area contributed by atoms with E-state index in [0.29, 0.717) is 6.42 Å². The molecule has 2 rings (SSSR count). The third kappa shape index (κ3) is 5.09. The first-order valence-corrected chi connectivity index (χ1v) is 7.41. The number of rotatable bonds is 6. The summed E-state index contributed by atoms with van der Waals surface area (Å²) in [4.78, 5) is 16.2. The van der Waals surface area contributed by atoms with Gasteiger partial charge in [-0.15, -0.1) is 0 Å². The zero-order chi connectivity index (χ0) is 13.5. The molecule has 1 unspecified atom stereocenters. The second-order valence-corrected chi connectivity index (χ2v) is 5.48. The van der Waals surface area contributed by atoms with Crippen LogP contribution in [-0.2, 0) is 14.3 Å². The molecule has 0 aliphatic carbocycles. The number of carbonyl (C=O) groups is 1. The Morgan fingerprint density at radius 3 is 2.68 bits per heavy atom. The van der Waals surface area contributed by atoms with Crippen molar-refractivity contribution in [3.8, 4) is 0 Å². The third-order valence-corrected chi connectivity index (χ3v) is 3.99. The SMILES string of the molecule is COC(=O)CC1CN(CCCN2CCCC2)CCO1. The number of hydrogen-bond acceptors (Lipinski definition) is 5. The quantitative estimate of drug-likeness (QED) is 0.666. The van der Waals surface area contributed by atoms with Crippen LogP contribution in [0.5, 0.6) is 0 Å². The lowest BCUT2D eigenvalue weighted by molar-refractivity contribution is -0.145. The molecule has 0 aromatic rings.